The summed E-state index contributed by atoms with van der Waals surface area (Å²) in [5.41, 5.74) is 1.92. The minimum atomic E-state index is -4.28. The maximum absolute atomic E-state index is 12.9. The number of anilines is 1. The van der Waals surface area contributed by atoms with Gasteiger partial charge in [0.25, 0.3) is 0 Å². The van der Waals surface area contributed by atoms with Gasteiger partial charge in [0.05, 0.1) is 30.0 Å². The zero-order chi connectivity index (χ0) is 29.4. The number of hydrogen-bond acceptors (Lipinski definition) is 9. The molecule has 4 aromatic rings. The molecular formula is C28H28F3N7O3S. The van der Waals surface area contributed by atoms with Gasteiger partial charge in [0, 0.05) is 54.1 Å². The first-order valence-electron chi connectivity index (χ1n) is 13.6. The van der Waals surface area contributed by atoms with Crippen molar-refractivity contribution in [2.45, 2.75) is 50.7 Å². The van der Waals surface area contributed by atoms with Crippen LogP contribution in [0.3, 0.4) is 0 Å². The highest BCUT2D eigenvalue weighted by atomic mass is 32.1. The highest BCUT2D eigenvalue weighted by Crippen LogP contribution is 2.34. The Morgan fingerprint density at radius 3 is 2.74 bits per heavy atom. The van der Waals surface area contributed by atoms with E-state index in [0.717, 1.165) is 53.7 Å². The second-order valence-corrected chi connectivity index (χ2v) is 11.8. The monoisotopic (exact) mass is 599 g/mol. The Bertz CT molecular complexity index is 1660. The van der Waals surface area contributed by atoms with Crippen LogP contribution in [0.4, 0.5) is 19.0 Å². The number of piperidine rings is 1. The van der Waals surface area contributed by atoms with Gasteiger partial charge in [-0.1, -0.05) is 0 Å². The third-order valence-electron chi connectivity index (χ3n) is 7.66. The molecule has 5 heterocycles. The van der Waals surface area contributed by atoms with Gasteiger partial charge in [-0.3, -0.25) is 9.69 Å². The molecule has 0 bridgehead atoms. The van der Waals surface area contributed by atoms with E-state index in [1.165, 1.54) is 12.4 Å². The number of nitrogens with zero attached hydrogens (tertiary/aromatic N) is 5. The van der Waals surface area contributed by atoms with Gasteiger partial charge in [0.1, 0.15) is 41.1 Å². The highest BCUT2D eigenvalue weighted by molar-refractivity contribution is 7.18. The molecule has 10 nitrogen and oxygen atoms in total. The number of carbonyl (C=O) groups is 1. The van der Waals surface area contributed by atoms with Crippen molar-refractivity contribution in [1.29, 1.82) is 5.26 Å². The van der Waals surface area contributed by atoms with E-state index in [4.69, 9.17) is 4.74 Å². The molecule has 3 aromatic heterocycles. The van der Waals surface area contributed by atoms with Gasteiger partial charge in [-0.25, -0.2) is 9.97 Å². The molecule has 2 aliphatic rings. The summed E-state index contributed by atoms with van der Waals surface area (Å²) >= 11 is 1.03. The number of nitriles is 1. The molecule has 14 heteroatoms. The predicted octanol–water partition coefficient (Wildman–Crippen LogP) is 3.92. The number of hydrogen-bond donors (Lipinski definition) is 3. The SMILES string of the molecule is N#Cc1cc2cc(CN3CCC(Nc4ncnc5sc(CC(F)(F)F)cc45)CC3)c(O)cc2n1C[C@@H]1CNC(=O)CO1. The van der Waals surface area contributed by atoms with Crippen molar-refractivity contribution in [2.75, 3.05) is 31.6 Å². The Kier molecular flexibility index (Phi) is 7.65. The number of aromatic nitrogens is 3. The lowest BCUT2D eigenvalue weighted by atomic mass is 10.0. The molecule has 1 amide bonds. The van der Waals surface area contributed by atoms with E-state index in [1.54, 1.807) is 12.1 Å². The number of likely N-dealkylation sites (tertiary alicyclic amines) is 1. The summed E-state index contributed by atoms with van der Waals surface area (Å²) in [5, 5.41) is 28.2. The number of phenols is 1. The maximum atomic E-state index is 12.9. The largest absolute Gasteiger partial charge is 0.508 e. The van der Waals surface area contributed by atoms with Crippen LogP contribution in [0.1, 0.15) is 29.0 Å². The van der Waals surface area contributed by atoms with Crippen molar-refractivity contribution in [2.24, 2.45) is 0 Å². The Morgan fingerprint density at radius 2 is 2.02 bits per heavy atom. The molecule has 2 aliphatic heterocycles. The Balaban J connectivity index is 1.10. The summed E-state index contributed by atoms with van der Waals surface area (Å²) in [7, 11) is 0. The molecule has 42 heavy (non-hydrogen) atoms. The minimum Gasteiger partial charge on any atom is -0.508 e. The van der Waals surface area contributed by atoms with Gasteiger partial charge >= 0.3 is 6.18 Å². The molecule has 0 radical (unpaired) electrons. The van der Waals surface area contributed by atoms with Crippen LogP contribution in [0.5, 0.6) is 5.75 Å². The molecule has 0 aliphatic carbocycles. The van der Waals surface area contributed by atoms with E-state index in [2.05, 4.69) is 31.6 Å². The number of amides is 1. The number of alkyl halides is 3. The van der Waals surface area contributed by atoms with Crippen LogP contribution in [0.25, 0.3) is 21.1 Å². The first kappa shape index (κ1) is 28.2. The number of phenolic OH excluding ortho intramolecular Hbond substituents is 1. The lowest BCUT2D eigenvalue weighted by molar-refractivity contribution is -0.133. The van der Waals surface area contributed by atoms with Crippen molar-refractivity contribution in [1.82, 2.24) is 24.8 Å². The molecular weight excluding hydrogens is 571 g/mol. The predicted molar refractivity (Wildman–Crippen MR) is 150 cm³/mol. The Morgan fingerprint density at radius 1 is 1.21 bits per heavy atom. The van der Waals surface area contributed by atoms with Crippen molar-refractivity contribution < 1.29 is 27.8 Å². The van der Waals surface area contributed by atoms with E-state index in [1.807, 2.05) is 10.6 Å². The Labute approximate surface area is 242 Å². The molecule has 6 rings (SSSR count). The number of aromatic hydroxyl groups is 1. The van der Waals surface area contributed by atoms with E-state index >= 15 is 0 Å². The second kappa shape index (κ2) is 11.4. The van der Waals surface area contributed by atoms with Gasteiger partial charge in [-0.15, -0.1) is 11.3 Å². The van der Waals surface area contributed by atoms with Crippen molar-refractivity contribution >= 4 is 44.2 Å². The lowest BCUT2D eigenvalue weighted by Crippen LogP contribution is -2.44. The number of halogens is 3. The van der Waals surface area contributed by atoms with Gasteiger partial charge in [0.15, 0.2) is 0 Å². The summed E-state index contributed by atoms with van der Waals surface area (Å²) < 4.78 is 46.0. The molecule has 2 fully saturated rings. The standard InChI is InChI=1S/C28H28F3N7O3S/c29-28(30,31)9-21-7-22-26(34-15-35-27(22)42-21)36-18-1-3-37(4-2-18)12-17-5-16-6-19(10-32)38(23(16)8-24(17)39)13-20-11-33-25(40)14-41-20/h5-8,15,18,20,39H,1-4,9,11-14H2,(H,33,40)(H,34,35,36)/t20-/m0/s1. The fourth-order valence-electron chi connectivity index (χ4n) is 5.59. The number of morpholine rings is 1. The molecule has 3 N–H and O–H groups in total. The average molecular weight is 600 g/mol. The molecule has 1 aromatic carbocycles. The van der Waals surface area contributed by atoms with Crippen molar-refractivity contribution in [3.63, 3.8) is 0 Å². The van der Waals surface area contributed by atoms with Crippen LogP contribution in [-0.2, 0) is 29.0 Å². The molecule has 1 atom stereocenters. The normalized spacial score (nSPS) is 18.8. The number of thiophene rings is 1. The summed E-state index contributed by atoms with van der Waals surface area (Å²) in [6, 6.07) is 9.21. The van der Waals surface area contributed by atoms with Crippen molar-refractivity contribution in [3.8, 4) is 11.8 Å². The lowest BCUT2D eigenvalue weighted by Gasteiger charge is -2.32. The first-order chi connectivity index (χ1) is 20.1. The number of fused-ring (bicyclic) bond motifs is 2. The fourth-order valence-corrected chi connectivity index (χ4v) is 6.61. The van der Waals surface area contributed by atoms with Gasteiger partial charge in [-0.05, 0) is 31.0 Å². The summed E-state index contributed by atoms with van der Waals surface area (Å²) in [4.78, 5) is 22.8. The number of nitrogens with one attached hydrogen (secondary N) is 2. The van der Waals surface area contributed by atoms with Crippen LogP contribution in [-0.4, -0.2) is 75.0 Å². The van der Waals surface area contributed by atoms with Crippen LogP contribution >= 0.6 is 11.3 Å². The fraction of sp³-hybridized carbons (Fsp3) is 0.429. The van der Waals surface area contributed by atoms with Crippen LogP contribution in [0, 0.1) is 11.3 Å². The quantitative estimate of drug-likeness (QED) is 0.292. The first-order valence-corrected chi connectivity index (χ1v) is 14.4. The summed E-state index contributed by atoms with van der Waals surface area (Å²) in [5.74, 6) is 0.517. The smallest absolute Gasteiger partial charge is 0.393 e. The highest BCUT2D eigenvalue weighted by Gasteiger charge is 2.29. The third kappa shape index (κ3) is 6.13. The van der Waals surface area contributed by atoms with Gasteiger partial charge in [0.2, 0.25) is 5.91 Å². The molecule has 0 unspecified atom stereocenters. The van der Waals surface area contributed by atoms with Crippen LogP contribution in [0.15, 0.2) is 30.6 Å². The number of carbonyl (C=O) groups excluding carboxylic acids is 1. The molecule has 0 saturated carbocycles. The van der Waals surface area contributed by atoms with E-state index in [0.29, 0.717) is 41.4 Å². The summed E-state index contributed by atoms with van der Waals surface area (Å²) in [6.07, 6.45) is -2.58. The number of ether oxygens (including phenoxy) is 1. The summed E-state index contributed by atoms with van der Waals surface area (Å²) in [6.45, 7) is 2.74. The zero-order valence-electron chi connectivity index (χ0n) is 22.4. The van der Waals surface area contributed by atoms with E-state index in [9.17, 15) is 28.3 Å². The van der Waals surface area contributed by atoms with E-state index in [-0.39, 0.29) is 35.3 Å². The van der Waals surface area contributed by atoms with E-state index < -0.39 is 12.6 Å². The minimum absolute atomic E-state index is 0.0202. The van der Waals surface area contributed by atoms with Crippen LogP contribution < -0.4 is 10.6 Å². The third-order valence-corrected chi connectivity index (χ3v) is 8.70. The van der Waals surface area contributed by atoms with Gasteiger partial charge < -0.3 is 25.0 Å². The molecule has 220 valence electrons. The zero-order valence-corrected chi connectivity index (χ0v) is 23.3. The topological polar surface area (TPSA) is 128 Å². The van der Waals surface area contributed by atoms with Gasteiger partial charge in [-0.2, -0.15) is 18.4 Å². The number of benzene rings is 1. The molecule has 2 saturated heterocycles. The average Bonchev–Trinajstić information content (AvgIpc) is 3.51. The van der Waals surface area contributed by atoms with Crippen LogP contribution in [0.2, 0.25) is 0 Å². The second-order valence-electron chi connectivity index (χ2n) is 10.7. The number of rotatable bonds is 7. The molecule has 0 spiro atoms. The van der Waals surface area contributed by atoms with Crippen molar-refractivity contribution in [3.05, 3.63) is 46.7 Å². The maximum Gasteiger partial charge on any atom is 0.393 e. The Hall–Kier alpha value is -3.93.